The number of halogens is 1. The van der Waals surface area contributed by atoms with E-state index in [9.17, 15) is 0 Å². The summed E-state index contributed by atoms with van der Waals surface area (Å²) in [6.07, 6.45) is 0. The summed E-state index contributed by atoms with van der Waals surface area (Å²) < 4.78 is 0. The third-order valence-electron chi connectivity index (χ3n) is 1.87. The second kappa shape index (κ2) is 13.6. The van der Waals surface area contributed by atoms with Gasteiger partial charge in [-0.1, -0.05) is 0 Å². The molecule has 0 heterocycles. The van der Waals surface area contributed by atoms with Gasteiger partial charge in [0.05, 0.1) is 19.8 Å². The largest absolute Gasteiger partial charge is 0.396 e. The zero-order valence-corrected chi connectivity index (χ0v) is 13.0. The maximum absolute atomic E-state index is 9.14. The molecule has 104 valence electrons. The molecule has 0 aliphatic rings. The van der Waals surface area contributed by atoms with Crippen LogP contribution in [0.5, 0.6) is 0 Å². The fraction of sp³-hybridized carbons (Fsp3) is 1.00. The van der Waals surface area contributed by atoms with E-state index in [-0.39, 0.29) is 25.1 Å². The van der Waals surface area contributed by atoms with E-state index >= 15 is 0 Å². The van der Waals surface area contributed by atoms with Gasteiger partial charge in [-0.15, -0.1) is 11.6 Å². The Kier molecular flexibility index (Phi) is 14.6. The molecule has 0 radical (unpaired) electrons. The van der Waals surface area contributed by atoms with E-state index in [1.165, 1.54) is 0 Å². The molecule has 0 aromatic rings. The Morgan fingerprint density at radius 2 is 1.41 bits per heavy atom. The van der Waals surface area contributed by atoms with Crippen molar-refractivity contribution in [1.82, 2.24) is 0 Å². The van der Waals surface area contributed by atoms with Crippen LogP contribution in [-0.2, 0) is 0 Å². The molecule has 0 amide bonds. The van der Waals surface area contributed by atoms with Crippen LogP contribution in [0.2, 0.25) is 0 Å². The van der Waals surface area contributed by atoms with Gasteiger partial charge < -0.3 is 15.3 Å². The molecular weight excluding hydrogens is 300 g/mol. The molecule has 2 atom stereocenters. The van der Waals surface area contributed by atoms with Crippen molar-refractivity contribution in [3.8, 4) is 0 Å². The van der Waals surface area contributed by atoms with Crippen LogP contribution in [0.25, 0.3) is 0 Å². The monoisotopic (exact) mass is 320 g/mol. The molecule has 0 fully saturated rings. The molecule has 0 bridgehead atoms. The van der Waals surface area contributed by atoms with Gasteiger partial charge in [0.2, 0.25) is 0 Å². The molecular formula is C10H21ClO3S3. The van der Waals surface area contributed by atoms with Gasteiger partial charge in [-0.05, 0) is 0 Å². The van der Waals surface area contributed by atoms with E-state index in [0.717, 1.165) is 17.3 Å². The van der Waals surface area contributed by atoms with Crippen molar-refractivity contribution in [3.63, 3.8) is 0 Å². The van der Waals surface area contributed by atoms with Crippen LogP contribution in [0.4, 0.5) is 0 Å². The third kappa shape index (κ3) is 10.8. The lowest BCUT2D eigenvalue weighted by Gasteiger charge is -2.16. The number of alkyl halides is 1. The van der Waals surface area contributed by atoms with Crippen LogP contribution < -0.4 is 0 Å². The van der Waals surface area contributed by atoms with Crippen molar-refractivity contribution in [1.29, 1.82) is 0 Å². The van der Waals surface area contributed by atoms with Crippen molar-refractivity contribution in [2.24, 2.45) is 0 Å². The molecule has 0 rings (SSSR count). The molecule has 2 unspecified atom stereocenters. The first kappa shape index (κ1) is 18.2. The number of thioether (sulfide) groups is 3. The number of hydrogen-bond acceptors (Lipinski definition) is 6. The van der Waals surface area contributed by atoms with Crippen LogP contribution >= 0.6 is 46.9 Å². The number of hydrogen-bond donors (Lipinski definition) is 3. The summed E-state index contributed by atoms with van der Waals surface area (Å²) in [5, 5.41) is 27.1. The molecule has 0 aromatic carbocycles. The minimum atomic E-state index is 0.146. The van der Waals surface area contributed by atoms with E-state index < -0.39 is 0 Å². The Labute approximate surface area is 121 Å². The Morgan fingerprint density at radius 1 is 0.882 bits per heavy atom. The minimum absolute atomic E-state index is 0.146. The fourth-order valence-electron chi connectivity index (χ4n) is 1.06. The van der Waals surface area contributed by atoms with Gasteiger partial charge in [0, 0.05) is 39.4 Å². The van der Waals surface area contributed by atoms with Crippen LogP contribution in [0.1, 0.15) is 0 Å². The highest BCUT2D eigenvalue weighted by atomic mass is 35.5. The summed E-state index contributed by atoms with van der Waals surface area (Å²) in [7, 11) is 0. The molecule has 0 aliphatic heterocycles. The van der Waals surface area contributed by atoms with Gasteiger partial charge in [-0.2, -0.15) is 35.3 Å². The van der Waals surface area contributed by atoms with Gasteiger partial charge >= 0.3 is 0 Å². The number of rotatable bonds is 12. The molecule has 7 heteroatoms. The predicted octanol–water partition coefficient (Wildman–Crippen LogP) is 1.14. The Morgan fingerprint density at radius 3 is 1.88 bits per heavy atom. The SMILES string of the molecule is OCCSC(CO)CSCC(CCl)SCCO. The maximum atomic E-state index is 9.14. The van der Waals surface area contributed by atoms with E-state index in [4.69, 9.17) is 26.9 Å². The molecule has 3 N–H and O–H groups in total. The van der Waals surface area contributed by atoms with Crippen molar-refractivity contribution < 1.29 is 15.3 Å². The lowest BCUT2D eigenvalue weighted by atomic mass is 10.5. The third-order valence-corrected chi connectivity index (χ3v) is 6.55. The van der Waals surface area contributed by atoms with Crippen LogP contribution in [0, 0.1) is 0 Å². The Balaban J connectivity index is 3.61. The summed E-state index contributed by atoms with van der Waals surface area (Å²) in [5.74, 6) is 3.79. The summed E-state index contributed by atoms with van der Waals surface area (Å²) >= 11 is 10.9. The summed E-state index contributed by atoms with van der Waals surface area (Å²) in [6, 6.07) is 0. The van der Waals surface area contributed by atoms with Gasteiger partial charge in [-0.3, -0.25) is 0 Å². The topological polar surface area (TPSA) is 60.7 Å². The summed E-state index contributed by atoms with van der Waals surface area (Å²) in [6.45, 7) is 0.490. The van der Waals surface area contributed by atoms with E-state index in [1.54, 1.807) is 35.3 Å². The average molecular weight is 321 g/mol. The highest BCUT2D eigenvalue weighted by molar-refractivity contribution is 8.05. The fourth-order valence-corrected chi connectivity index (χ4v) is 4.87. The maximum Gasteiger partial charge on any atom is 0.0558 e. The molecule has 0 saturated carbocycles. The smallest absolute Gasteiger partial charge is 0.0558 e. The molecule has 0 aliphatic carbocycles. The summed E-state index contributed by atoms with van der Waals surface area (Å²) in [5.41, 5.74) is 0. The first-order chi connectivity index (χ1) is 8.28. The van der Waals surface area contributed by atoms with E-state index in [0.29, 0.717) is 16.9 Å². The quantitative estimate of drug-likeness (QED) is 0.469. The Bertz CT molecular complexity index is 150. The lowest BCUT2D eigenvalue weighted by Crippen LogP contribution is -2.16. The van der Waals surface area contributed by atoms with Gasteiger partial charge in [0.1, 0.15) is 0 Å². The molecule has 3 nitrogen and oxygen atoms in total. The normalized spacial score (nSPS) is 14.8. The predicted molar refractivity (Wildman–Crippen MR) is 81.8 cm³/mol. The lowest BCUT2D eigenvalue weighted by molar-refractivity contribution is 0.299. The van der Waals surface area contributed by atoms with Gasteiger partial charge in [-0.25, -0.2) is 0 Å². The van der Waals surface area contributed by atoms with Crippen LogP contribution in [0.15, 0.2) is 0 Å². The molecule has 0 aromatic heterocycles. The van der Waals surface area contributed by atoms with Crippen LogP contribution in [-0.4, -0.2) is 74.5 Å². The summed E-state index contributed by atoms with van der Waals surface area (Å²) in [4.78, 5) is 0. The first-order valence-corrected chi connectivity index (χ1v) is 9.26. The minimum Gasteiger partial charge on any atom is -0.396 e. The highest BCUT2D eigenvalue weighted by Gasteiger charge is 2.11. The van der Waals surface area contributed by atoms with Crippen molar-refractivity contribution >= 4 is 46.9 Å². The second-order valence-corrected chi connectivity index (χ2v) is 7.51. The standard InChI is InChI=1S/C10H21ClO3S3/c11-5-9(16-3-1-12)7-15-8-10(6-14)17-4-2-13/h9-10,12-14H,1-8H2. The van der Waals surface area contributed by atoms with Crippen LogP contribution in [0.3, 0.4) is 0 Å². The zero-order chi connectivity index (χ0) is 12.9. The Hall–Kier alpha value is 1.22. The van der Waals surface area contributed by atoms with E-state index in [1.807, 2.05) is 0 Å². The number of aliphatic hydroxyl groups is 3. The zero-order valence-electron chi connectivity index (χ0n) is 9.76. The van der Waals surface area contributed by atoms with Gasteiger partial charge in [0.15, 0.2) is 0 Å². The van der Waals surface area contributed by atoms with Gasteiger partial charge in [0.25, 0.3) is 0 Å². The van der Waals surface area contributed by atoms with Crippen molar-refractivity contribution in [2.45, 2.75) is 10.5 Å². The average Bonchev–Trinajstić information content (AvgIpc) is 2.37. The molecule has 0 spiro atoms. The highest BCUT2D eigenvalue weighted by Crippen LogP contribution is 2.21. The number of aliphatic hydroxyl groups excluding tert-OH is 3. The van der Waals surface area contributed by atoms with Crippen molar-refractivity contribution in [3.05, 3.63) is 0 Å². The second-order valence-electron chi connectivity index (χ2n) is 3.31. The van der Waals surface area contributed by atoms with E-state index in [2.05, 4.69) is 0 Å². The molecule has 17 heavy (non-hydrogen) atoms. The first-order valence-electron chi connectivity index (χ1n) is 5.48. The molecule has 0 saturated heterocycles. The van der Waals surface area contributed by atoms with Crippen molar-refractivity contribution in [2.75, 3.05) is 48.7 Å².